The Kier molecular flexibility index (Phi) is 4.20. The van der Waals surface area contributed by atoms with Crippen LogP contribution in [0.15, 0.2) is 76.5 Å². The lowest BCUT2D eigenvalue weighted by atomic mass is 10.1. The maximum absolute atomic E-state index is 12.3. The van der Waals surface area contributed by atoms with Gasteiger partial charge in [0.15, 0.2) is 0 Å². The van der Waals surface area contributed by atoms with E-state index in [1.807, 2.05) is 54.6 Å². The number of hydroxylamine groups is 1. The van der Waals surface area contributed by atoms with Crippen molar-refractivity contribution in [1.29, 1.82) is 0 Å². The van der Waals surface area contributed by atoms with Crippen molar-refractivity contribution in [2.45, 2.75) is 0 Å². The molecular formula is C17H14INO. The molecule has 1 N–H and O–H groups in total. The van der Waals surface area contributed by atoms with Crippen molar-refractivity contribution in [3.8, 4) is 11.1 Å². The Morgan fingerprint density at radius 2 is 1.55 bits per heavy atom. The molecule has 2 aromatic rings. The number of quaternary nitrogens is 1. The van der Waals surface area contributed by atoms with Crippen molar-refractivity contribution >= 4 is 30.4 Å². The van der Waals surface area contributed by atoms with E-state index in [1.54, 1.807) is 0 Å². The molecule has 20 heavy (non-hydrogen) atoms. The predicted molar refractivity (Wildman–Crippen MR) is 93.2 cm³/mol. The SMILES string of the molecule is [O-][NH+](C1=CI=CC=C1)c1ccc(-c2ccccc2)cc1. The lowest BCUT2D eigenvalue weighted by Crippen LogP contribution is -2.99. The van der Waals surface area contributed by atoms with E-state index in [2.05, 4.69) is 20.2 Å². The van der Waals surface area contributed by atoms with Gasteiger partial charge < -0.3 is 10.3 Å². The van der Waals surface area contributed by atoms with Gasteiger partial charge in [0.25, 0.3) is 0 Å². The van der Waals surface area contributed by atoms with Crippen LogP contribution in [0.3, 0.4) is 0 Å². The van der Waals surface area contributed by atoms with Crippen LogP contribution in [0.4, 0.5) is 5.69 Å². The summed E-state index contributed by atoms with van der Waals surface area (Å²) in [4.78, 5) is 0. The Labute approximate surface area is 128 Å². The number of benzene rings is 2. The minimum Gasteiger partial charge on any atom is -0.623 e. The highest BCUT2D eigenvalue weighted by molar-refractivity contribution is 14.2. The van der Waals surface area contributed by atoms with E-state index in [-0.39, 0.29) is 25.8 Å². The highest BCUT2D eigenvalue weighted by Gasteiger charge is 2.08. The summed E-state index contributed by atoms with van der Waals surface area (Å²) < 4.78 is 4.22. The van der Waals surface area contributed by atoms with Gasteiger partial charge in [0.2, 0.25) is 0 Å². The van der Waals surface area contributed by atoms with Gasteiger partial charge in [-0.15, -0.1) is 0 Å². The first-order valence-corrected chi connectivity index (χ1v) is 8.86. The van der Waals surface area contributed by atoms with E-state index in [0.717, 1.165) is 16.9 Å². The number of rotatable bonds is 3. The van der Waals surface area contributed by atoms with Crippen molar-refractivity contribution in [3.63, 3.8) is 0 Å². The molecule has 0 saturated carbocycles. The maximum atomic E-state index is 12.3. The summed E-state index contributed by atoms with van der Waals surface area (Å²) in [5.41, 5.74) is 3.89. The molecule has 0 aliphatic carbocycles. The third kappa shape index (κ3) is 2.95. The first-order valence-electron chi connectivity index (χ1n) is 6.37. The summed E-state index contributed by atoms with van der Waals surface area (Å²) in [5, 5.41) is 12.5. The van der Waals surface area contributed by atoms with Gasteiger partial charge in [0.05, 0.1) is 0 Å². The molecule has 100 valence electrons. The molecule has 1 aliphatic rings. The Hall–Kier alpha value is -1.56. The number of halogens is 1. The molecule has 0 fully saturated rings. The molecule has 1 unspecified atom stereocenters. The van der Waals surface area contributed by atoms with Crippen LogP contribution in [0.1, 0.15) is 0 Å². The summed E-state index contributed by atoms with van der Waals surface area (Å²) in [6.07, 6.45) is 3.88. The van der Waals surface area contributed by atoms with Crippen LogP contribution >= 0.6 is 20.7 Å². The fraction of sp³-hybridized carbons (Fsp3) is 0. The highest BCUT2D eigenvalue weighted by Crippen LogP contribution is 2.20. The molecule has 2 nitrogen and oxygen atoms in total. The van der Waals surface area contributed by atoms with Crippen molar-refractivity contribution in [2.24, 2.45) is 0 Å². The fourth-order valence-corrected chi connectivity index (χ4v) is 3.59. The Balaban J connectivity index is 1.85. The highest BCUT2D eigenvalue weighted by atomic mass is 127. The third-order valence-corrected chi connectivity index (χ3v) is 4.98. The van der Waals surface area contributed by atoms with E-state index < -0.39 is 0 Å². The van der Waals surface area contributed by atoms with Gasteiger partial charge in [-0.2, -0.15) is 0 Å². The molecule has 0 saturated heterocycles. The molecular weight excluding hydrogens is 361 g/mol. The average molecular weight is 375 g/mol. The third-order valence-electron chi connectivity index (χ3n) is 3.12. The van der Waals surface area contributed by atoms with E-state index in [4.69, 9.17) is 0 Å². The van der Waals surface area contributed by atoms with Gasteiger partial charge in [0, 0.05) is 22.3 Å². The van der Waals surface area contributed by atoms with Crippen molar-refractivity contribution in [2.75, 3.05) is 0 Å². The van der Waals surface area contributed by atoms with Crippen LogP contribution in [-0.4, -0.2) is 4.01 Å². The van der Waals surface area contributed by atoms with Gasteiger partial charge in [-0.25, -0.2) is 0 Å². The number of allylic oxidation sites excluding steroid dienone is 2. The van der Waals surface area contributed by atoms with Gasteiger partial charge in [-0.3, -0.25) is 0 Å². The first kappa shape index (κ1) is 13.4. The first-order chi connectivity index (χ1) is 9.84. The smallest absolute Gasteiger partial charge is 0.141 e. The Bertz CT molecular complexity index is 672. The number of hydrogen-bond donors (Lipinski definition) is 1. The molecule has 2 aromatic carbocycles. The molecule has 3 rings (SSSR count). The monoisotopic (exact) mass is 375 g/mol. The summed E-state index contributed by atoms with van der Waals surface area (Å²) in [5.74, 6) is 0. The molecule has 0 aromatic heterocycles. The lowest BCUT2D eigenvalue weighted by molar-refractivity contribution is -0.726. The standard InChI is InChI=1S/C17H14INO/c20-19(17-7-4-12-18-13-17)16-10-8-15(9-11-16)14-5-2-1-3-6-14/h1-13,19H. The Morgan fingerprint density at radius 1 is 0.850 bits per heavy atom. The van der Waals surface area contributed by atoms with E-state index >= 15 is 0 Å². The topological polar surface area (TPSA) is 27.5 Å². The molecule has 1 aliphatic heterocycles. The average Bonchev–Trinajstić information content (AvgIpc) is 2.56. The largest absolute Gasteiger partial charge is 0.623 e. The van der Waals surface area contributed by atoms with E-state index in [1.165, 1.54) is 5.56 Å². The molecule has 0 bridgehead atoms. The molecule has 0 amide bonds. The van der Waals surface area contributed by atoms with Gasteiger partial charge >= 0.3 is 0 Å². The van der Waals surface area contributed by atoms with Gasteiger partial charge in [-0.05, 0) is 27.3 Å². The number of hydrogen-bond acceptors (Lipinski definition) is 1. The van der Waals surface area contributed by atoms with E-state index in [0.29, 0.717) is 0 Å². The van der Waals surface area contributed by atoms with Crippen LogP contribution in [0, 0.1) is 5.21 Å². The van der Waals surface area contributed by atoms with Crippen molar-refractivity contribution < 1.29 is 5.06 Å². The normalized spacial score (nSPS) is 15.3. The van der Waals surface area contributed by atoms with Gasteiger partial charge in [-0.1, -0.05) is 57.1 Å². The van der Waals surface area contributed by atoms with Crippen molar-refractivity contribution in [3.05, 3.63) is 81.7 Å². The van der Waals surface area contributed by atoms with Crippen LogP contribution < -0.4 is 5.06 Å². The van der Waals surface area contributed by atoms with E-state index in [9.17, 15) is 5.21 Å². The summed E-state index contributed by atoms with van der Waals surface area (Å²) in [7, 11) is 0. The zero-order chi connectivity index (χ0) is 13.8. The van der Waals surface area contributed by atoms with Crippen LogP contribution in [0.25, 0.3) is 11.1 Å². The Morgan fingerprint density at radius 3 is 2.20 bits per heavy atom. The molecule has 3 heteroatoms. The molecule has 0 spiro atoms. The van der Waals surface area contributed by atoms with Crippen LogP contribution in [-0.2, 0) is 0 Å². The fourth-order valence-electron chi connectivity index (χ4n) is 2.06. The predicted octanol–water partition coefficient (Wildman–Crippen LogP) is 3.55. The second-order valence-electron chi connectivity index (χ2n) is 4.45. The maximum Gasteiger partial charge on any atom is 0.141 e. The zero-order valence-corrected chi connectivity index (χ0v) is 12.9. The number of nitrogens with one attached hydrogen (secondary N) is 1. The van der Waals surface area contributed by atoms with Crippen LogP contribution in [0.5, 0.6) is 0 Å². The molecule has 0 radical (unpaired) electrons. The summed E-state index contributed by atoms with van der Waals surface area (Å²) in [6.45, 7) is 0. The zero-order valence-electron chi connectivity index (χ0n) is 10.8. The molecule has 1 heterocycles. The van der Waals surface area contributed by atoms with Crippen LogP contribution in [0.2, 0.25) is 0 Å². The van der Waals surface area contributed by atoms with Gasteiger partial charge in [0.1, 0.15) is 11.4 Å². The molecule has 1 atom stereocenters. The second-order valence-corrected chi connectivity index (χ2v) is 6.51. The van der Waals surface area contributed by atoms with Crippen molar-refractivity contribution in [1.82, 2.24) is 0 Å². The second kappa shape index (κ2) is 6.26. The summed E-state index contributed by atoms with van der Waals surface area (Å²) >= 11 is -0.0888. The quantitative estimate of drug-likeness (QED) is 0.645. The lowest BCUT2D eigenvalue weighted by Gasteiger charge is -2.22. The minimum atomic E-state index is -0.0888. The summed E-state index contributed by atoms with van der Waals surface area (Å²) in [6, 6.07) is 18.0. The minimum absolute atomic E-state index is 0.0888.